The Balaban J connectivity index is 2.57. The van der Waals surface area contributed by atoms with Crippen LogP contribution in [0.5, 0.6) is 0 Å². The van der Waals surface area contributed by atoms with E-state index in [-0.39, 0.29) is 0 Å². The van der Waals surface area contributed by atoms with Gasteiger partial charge in [0.05, 0.1) is 8.88 Å². The third-order valence-electron chi connectivity index (χ3n) is 2.27. The number of hydrogen-bond acceptors (Lipinski definition) is 5. The fraction of sp³-hybridized carbons (Fsp3) is 0.875. The summed E-state index contributed by atoms with van der Waals surface area (Å²) in [5, 5.41) is 0.933. The summed E-state index contributed by atoms with van der Waals surface area (Å²) in [6.45, 7) is -1.27. The number of carbonyl (C=O) groups is 1. The molecule has 1 amide bonds. The molecular formula is C8H16N4O2. The first-order valence-corrected chi connectivity index (χ1v) is 4.18. The maximum absolute atomic E-state index is 12.3. The Hall–Kier alpha value is -0.690. The second-order valence-electron chi connectivity index (χ2n) is 3.17. The van der Waals surface area contributed by atoms with Gasteiger partial charge >= 0.3 is 0 Å². The molecule has 6 nitrogen and oxygen atoms in total. The zero-order chi connectivity index (χ0) is 14.7. The molecule has 0 aromatic carbocycles. The maximum Gasteiger partial charge on any atom is 0.245 e. The minimum absolute atomic E-state index is 0.421. The monoisotopic (exact) mass is 205 g/mol. The number of nitrogens with zero attached hydrogens (tertiary/aromatic N) is 2. The third kappa shape index (κ3) is 1.31. The molecule has 2 aliphatic heterocycles. The molecule has 2 saturated heterocycles. The van der Waals surface area contributed by atoms with Crippen molar-refractivity contribution in [2.24, 2.45) is 0 Å². The van der Waals surface area contributed by atoms with Crippen LogP contribution in [-0.2, 0) is 9.53 Å². The van der Waals surface area contributed by atoms with Gasteiger partial charge < -0.3 is 9.64 Å². The third-order valence-corrected chi connectivity index (χ3v) is 2.27. The summed E-state index contributed by atoms with van der Waals surface area (Å²) in [5.74, 6) is -0.634. The topological polar surface area (TPSA) is 56.8 Å². The van der Waals surface area contributed by atoms with Crippen molar-refractivity contribution in [2.75, 3.05) is 27.8 Å². The highest BCUT2D eigenvalue weighted by Gasteiger charge is 2.45. The van der Waals surface area contributed by atoms with Gasteiger partial charge in [-0.15, -0.1) is 0 Å². The van der Waals surface area contributed by atoms with Crippen LogP contribution in [0.15, 0.2) is 0 Å². The number of carbonyl (C=O) groups excluding carboxylic acids is 1. The van der Waals surface area contributed by atoms with E-state index in [1.807, 2.05) is 0 Å². The van der Waals surface area contributed by atoms with Gasteiger partial charge in [0.25, 0.3) is 0 Å². The first-order valence-electron chi connectivity index (χ1n) is 6.65. The Kier molecular flexibility index (Phi) is 1.34. The Morgan fingerprint density at radius 3 is 3.14 bits per heavy atom. The second kappa shape index (κ2) is 3.47. The number of likely N-dealkylation sites (N-methyl/N-ethyl adjacent to an activating group) is 2. The minimum atomic E-state index is -2.21. The van der Waals surface area contributed by atoms with Gasteiger partial charge in [0.15, 0.2) is 6.33 Å². The molecule has 0 aliphatic carbocycles. The van der Waals surface area contributed by atoms with E-state index in [9.17, 15) is 4.79 Å². The normalized spacial score (nSPS) is 62.6. The molecule has 6 heteroatoms. The van der Waals surface area contributed by atoms with E-state index >= 15 is 0 Å². The summed E-state index contributed by atoms with van der Waals surface area (Å²) < 4.78 is 44.6. The zero-order valence-corrected chi connectivity index (χ0v) is 8.26. The van der Waals surface area contributed by atoms with Crippen LogP contribution in [0.25, 0.3) is 0 Å². The van der Waals surface area contributed by atoms with Gasteiger partial charge in [-0.3, -0.25) is 20.3 Å². The van der Waals surface area contributed by atoms with Gasteiger partial charge in [-0.2, -0.15) is 0 Å². The Bertz CT molecular complexity index is 417. The Labute approximate surface area is 90.3 Å². The summed E-state index contributed by atoms with van der Waals surface area (Å²) >= 11 is 0. The number of ether oxygens (including phenoxy) is 1. The second-order valence-corrected chi connectivity index (χ2v) is 3.17. The molecule has 0 aromatic rings. The van der Waals surface area contributed by atoms with E-state index in [4.69, 9.17) is 11.7 Å². The van der Waals surface area contributed by atoms with Crippen LogP contribution >= 0.6 is 0 Å². The zero-order valence-electron chi connectivity index (χ0n) is 13.3. The molecule has 2 N–H and O–H groups in total. The maximum atomic E-state index is 12.3. The average Bonchev–Trinajstić information content (AvgIpc) is 2.57. The van der Waals surface area contributed by atoms with E-state index in [1.165, 1.54) is 19.0 Å². The molecule has 0 radical (unpaired) electrons. The highest BCUT2D eigenvalue weighted by Crippen LogP contribution is 2.17. The largest absolute Gasteiger partial charge is 0.348 e. The van der Waals surface area contributed by atoms with Crippen LogP contribution in [0.1, 0.15) is 4.11 Å². The van der Waals surface area contributed by atoms with Crippen molar-refractivity contribution in [3.8, 4) is 0 Å². The van der Waals surface area contributed by atoms with Crippen LogP contribution in [-0.4, -0.2) is 62.1 Å². The molecule has 2 aliphatic rings. The number of methoxy groups -OCH3 is 1. The molecule has 4 unspecified atom stereocenters. The lowest BCUT2D eigenvalue weighted by molar-refractivity contribution is -0.158. The van der Waals surface area contributed by atoms with Crippen LogP contribution < -0.4 is 10.6 Å². The van der Waals surface area contributed by atoms with Crippen molar-refractivity contribution in [1.82, 2.24) is 20.4 Å². The molecule has 80 valence electrons. The standard InChI is InChI=1S/C8H16N4O2/c1-11-4-9-6-5(11)7(13)12(2)8(10-6)14-3/h5-6,8-10H,4H2,1-3H3/i4D,6D,8D/hD2. The van der Waals surface area contributed by atoms with E-state index in [0.29, 0.717) is 10.6 Å². The van der Waals surface area contributed by atoms with Gasteiger partial charge in [-0.05, 0) is 7.05 Å². The van der Waals surface area contributed by atoms with Crippen LogP contribution in [0.3, 0.4) is 0 Å². The quantitative estimate of drug-likeness (QED) is 0.527. The van der Waals surface area contributed by atoms with Crippen LogP contribution in [0.4, 0.5) is 0 Å². The fourth-order valence-corrected chi connectivity index (χ4v) is 1.48. The average molecular weight is 205 g/mol. The lowest BCUT2D eigenvalue weighted by Gasteiger charge is -2.39. The molecule has 0 bridgehead atoms. The molecular weight excluding hydrogens is 184 g/mol. The van der Waals surface area contributed by atoms with Crippen LogP contribution in [0.2, 0.25) is 2.82 Å². The molecule has 0 saturated carbocycles. The summed E-state index contributed by atoms with van der Waals surface area (Å²) in [4.78, 5) is 14.4. The lowest BCUT2D eigenvalue weighted by atomic mass is 10.1. The van der Waals surface area contributed by atoms with Gasteiger partial charge in [0.1, 0.15) is 10.2 Å². The van der Waals surface area contributed by atoms with Crippen molar-refractivity contribution in [1.29, 1.82) is 0 Å². The lowest BCUT2D eigenvalue weighted by Crippen LogP contribution is -2.67. The van der Waals surface area contributed by atoms with E-state index in [1.54, 1.807) is 0 Å². The van der Waals surface area contributed by atoms with Crippen LogP contribution in [0, 0.1) is 0 Å². The van der Waals surface area contributed by atoms with Crippen molar-refractivity contribution in [3.05, 3.63) is 0 Å². The minimum Gasteiger partial charge on any atom is -0.348 e. The number of rotatable bonds is 1. The van der Waals surface area contributed by atoms with Gasteiger partial charge in [-0.25, -0.2) is 0 Å². The van der Waals surface area contributed by atoms with Crippen molar-refractivity contribution < 1.29 is 16.5 Å². The molecule has 4 atom stereocenters. The summed E-state index contributed by atoms with van der Waals surface area (Å²) in [5.41, 5.74) is 0. The number of amides is 1. The Morgan fingerprint density at radius 2 is 2.50 bits per heavy atom. The number of hydrogen-bond donors (Lipinski definition) is 2. The summed E-state index contributed by atoms with van der Waals surface area (Å²) in [6, 6.07) is -1.20. The van der Waals surface area contributed by atoms with Crippen molar-refractivity contribution in [2.45, 2.75) is 18.5 Å². The van der Waals surface area contributed by atoms with Gasteiger partial charge in [0.2, 0.25) is 5.91 Å². The predicted octanol–water partition coefficient (Wildman–Crippen LogP) is -1.83. The smallest absolute Gasteiger partial charge is 0.245 e. The molecule has 2 heterocycles. The molecule has 0 aromatic heterocycles. The van der Waals surface area contributed by atoms with E-state index in [0.717, 1.165) is 12.0 Å². The molecule has 2 rings (SSSR count). The molecule has 0 spiro atoms. The van der Waals surface area contributed by atoms with Crippen molar-refractivity contribution in [3.63, 3.8) is 0 Å². The number of fused-ring (bicyclic) bond motifs is 1. The first-order chi connectivity index (χ1) is 8.63. The number of nitrogens with one attached hydrogen (secondary N) is 2. The molecule has 14 heavy (non-hydrogen) atoms. The SMILES string of the molecule is [2H]C1N(C)C2C(=O)N(C)C([2H])(OC)N([2H])C2([2H])N1[2H]. The summed E-state index contributed by atoms with van der Waals surface area (Å²) in [7, 11) is 3.87. The van der Waals surface area contributed by atoms with Crippen molar-refractivity contribution >= 4 is 5.91 Å². The highest BCUT2D eigenvalue weighted by molar-refractivity contribution is 5.83. The van der Waals surface area contributed by atoms with Gasteiger partial charge in [-0.1, -0.05) is 0 Å². The van der Waals surface area contributed by atoms with E-state index < -0.39 is 31.1 Å². The fourth-order valence-electron chi connectivity index (χ4n) is 1.48. The first kappa shape index (κ1) is 5.41. The predicted molar refractivity (Wildman–Crippen MR) is 50.0 cm³/mol. The molecule has 2 fully saturated rings. The van der Waals surface area contributed by atoms with Gasteiger partial charge in [0, 0.05) is 20.8 Å². The summed E-state index contributed by atoms with van der Waals surface area (Å²) in [6.07, 6.45) is -4.39. The highest BCUT2D eigenvalue weighted by atomic mass is 16.5. The van der Waals surface area contributed by atoms with E-state index in [2.05, 4.69) is 0 Å². The Morgan fingerprint density at radius 1 is 1.79 bits per heavy atom.